The van der Waals surface area contributed by atoms with Crippen molar-refractivity contribution in [1.29, 1.82) is 0 Å². The number of halogens is 1. The molecule has 1 saturated heterocycles. The summed E-state index contributed by atoms with van der Waals surface area (Å²) < 4.78 is 1.16. The van der Waals surface area contributed by atoms with E-state index >= 15 is 0 Å². The van der Waals surface area contributed by atoms with Crippen LogP contribution in [-0.4, -0.2) is 50.7 Å². The van der Waals surface area contributed by atoms with E-state index in [0.717, 1.165) is 24.1 Å². The topological polar surface area (TPSA) is 18.5 Å². The van der Waals surface area contributed by atoms with Gasteiger partial charge >= 0.3 is 0 Å². The fourth-order valence-corrected chi connectivity index (χ4v) is 3.36. The van der Waals surface area contributed by atoms with Crippen LogP contribution >= 0.6 is 15.9 Å². The lowest BCUT2D eigenvalue weighted by molar-refractivity contribution is 0.157. The van der Waals surface area contributed by atoms with Crippen LogP contribution in [0, 0.1) is 6.92 Å². The number of hydrogen-bond acceptors (Lipinski definition) is 3. The molecule has 3 nitrogen and oxygen atoms in total. The van der Waals surface area contributed by atoms with Crippen molar-refractivity contribution in [1.82, 2.24) is 10.2 Å². The van der Waals surface area contributed by atoms with Gasteiger partial charge in [0.2, 0.25) is 0 Å². The molecule has 1 fully saturated rings. The quantitative estimate of drug-likeness (QED) is 0.921. The molecule has 2 unspecified atom stereocenters. The SMILES string of the molecule is CNCC1CN(c2ccc(Br)cc2C)CC(C)N1C. The van der Waals surface area contributed by atoms with Crippen LogP contribution in [0.5, 0.6) is 0 Å². The number of aryl methyl sites for hydroxylation is 1. The van der Waals surface area contributed by atoms with Crippen molar-refractivity contribution in [2.24, 2.45) is 0 Å². The fourth-order valence-electron chi connectivity index (χ4n) is 2.88. The maximum Gasteiger partial charge on any atom is 0.0397 e. The lowest BCUT2D eigenvalue weighted by atomic mass is 10.1. The highest BCUT2D eigenvalue weighted by Gasteiger charge is 2.29. The fraction of sp³-hybridized carbons (Fsp3) is 0.600. The highest BCUT2D eigenvalue weighted by Crippen LogP contribution is 2.27. The van der Waals surface area contributed by atoms with Crippen molar-refractivity contribution in [2.75, 3.05) is 38.6 Å². The van der Waals surface area contributed by atoms with Gasteiger partial charge in [-0.3, -0.25) is 4.90 Å². The highest BCUT2D eigenvalue weighted by atomic mass is 79.9. The van der Waals surface area contributed by atoms with Crippen LogP contribution < -0.4 is 10.2 Å². The van der Waals surface area contributed by atoms with Gasteiger partial charge < -0.3 is 10.2 Å². The highest BCUT2D eigenvalue weighted by molar-refractivity contribution is 9.10. The molecule has 0 spiro atoms. The first kappa shape index (κ1) is 14.8. The van der Waals surface area contributed by atoms with Gasteiger partial charge in [-0.05, 0) is 51.7 Å². The minimum Gasteiger partial charge on any atom is -0.368 e. The lowest BCUT2D eigenvalue weighted by Crippen LogP contribution is -2.59. The third kappa shape index (κ3) is 3.30. The summed E-state index contributed by atoms with van der Waals surface area (Å²) >= 11 is 3.54. The predicted octanol–water partition coefficient (Wildman–Crippen LogP) is 2.49. The van der Waals surface area contributed by atoms with E-state index in [1.165, 1.54) is 11.3 Å². The summed E-state index contributed by atoms with van der Waals surface area (Å²) in [5, 5.41) is 3.31. The first-order chi connectivity index (χ1) is 9.02. The van der Waals surface area contributed by atoms with E-state index in [1.54, 1.807) is 0 Å². The summed E-state index contributed by atoms with van der Waals surface area (Å²) in [5.74, 6) is 0. The monoisotopic (exact) mass is 325 g/mol. The van der Waals surface area contributed by atoms with Gasteiger partial charge in [-0.25, -0.2) is 0 Å². The van der Waals surface area contributed by atoms with Crippen LogP contribution in [0.2, 0.25) is 0 Å². The molecule has 4 heteroatoms. The summed E-state index contributed by atoms with van der Waals surface area (Å²) in [6.07, 6.45) is 0. The number of rotatable bonds is 3. The van der Waals surface area contributed by atoms with Crippen LogP contribution in [0.4, 0.5) is 5.69 Å². The van der Waals surface area contributed by atoms with Gasteiger partial charge in [0.25, 0.3) is 0 Å². The average molecular weight is 326 g/mol. The summed E-state index contributed by atoms with van der Waals surface area (Å²) in [5.41, 5.74) is 2.71. The Hall–Kier alpha value is -0.580. The van der Waals surface area contributed by atoms with Gasteiger partial charge in [0, 0.05) is 41.9 Å². The largest absolute Gasteiger partial charge is 0.368 e. The number of benzene rings is 1. The second-order valence-corrected chi connectivity index (χ2v) is 6.48. The number of anilines is 1. The van der Waals surface area contributed by atoms with Gasteiger partial charge in [-0.1, -0.05) is 15.9 Å². The van der Waals surface area contributed by atoms with Crippen molar-refractivity contribution in [3.05, 3.63) is 28.2 Å². The molecular formula is C15H24BrN3. The molecule has 0 aromatic heterocycles. The van der Waals surface area contributed by atoms with E-state index in [-0.39, 0.29) is 0 Å². The minimum absolute atomic E-state index is 0.566. The molecule has 2 rings (SSSR count). The van der Waals surface area contributed by atoms with Crippen LogP contribution in [0.15, 0.2) is 22.7 Å². The van der Waals surface area contributed by atoms with E-state index in [0.29, 0.717) is 12.1 Å². The van der Waals surface area contributed by atoms with Crippen LogP contribution in [-0.2, 0) is 0 Å². The van der Waals surface area contributed by atoms with Gasteiger partial charge in [-0.2, -0.15) is 0 Å². The van der Waals surface area contributed by atoms with E-state index in [1.807, 2.05) is 7.05 Å². The maximum atomic E-state index is 3.54. The smallest absolute Gasteiger partial charge is 0.0397 e. The van der Waals surface area contributed by atoms with E-state index in [4.69, 9.17) is 0 Å². The Balaban J connectivity index is 2.20. The third-order valence-electron chi connectivity index (χ3n) is 4.13. The van der Waals surface area contributed by atoms with Crippen LogP contribution in [0.3, 0.4) is 0 Å². The molecule has 0 aliphatic carbocycles. The first-order valence-electron chi connectivity index (χ1n) is 6.90. The molecule has 2 atom stereocenters. The zero-order chi connectivity index (χ0) is 14.0. The predicted molar refractivity (Wildman–Crippen MR) is 86.0 cm³/mol. The molecule has 1 N–H and O–H groups in total. The van der Waals surface area contributed by atoms with Crippen molar-refractivity contribution < 1.29 is 0 Å². The number of piperazine rings is 1. The third-order valence-corrected chi connectivity index (χ3v) is 4.62. The number of hydrogen-bond donors (Lipinski definition) is 1. The molecule has 19 heavy (non-hydrogen) atoms. The maximum absolute atomic E-state index is 3.54. The van der Waals surface area contributed by atoms with E-state index < -0.39 is 0 Å². The Kier molecular flexibility index (Phi) is 4.87. The van der Waals surface area contributed by atoms with Gasteiger partial charge in [0.15, 0.2) is 0 Å². The van der Waals surface area contributed by atoms with Crippen LogP contribution in [0.25, 0.3) is 0 Å². The Labute approximate surface area is 125 Å². The van der Waals surface area contributed by atoms with Gasteiger partial charge in [0.05, 0.1) is 0 Å². The first-order valence-corrected chi connectivity index (χ1v) is 7.70. The van der Waals surface area contributed by atoms with E-state index in [2.05, 4.69) is 70.1 Å². The zero-order valence-corrected chi connectivity index (χ0v) is 13.9. The Morgan fingerprint density at radius 1 is 1.37 bits per heavy atom. The van der Waals surface area contributed by atoms with E-state index in [9.17, 15) is 0 Å². The molecule has 106 valence electrons. The summed E-state index contributed by atoms with van der Waals surface area (Å²) in [6, 6.07) is 7.71. The van der Waals surface area contributed by atoms with Crippen molar-refractivity contribution >= 4 is 21.6 Å². The normalized spacial score (nSPS) is 24.8. The molecule has 0 amide bonds. The average Bonchev–Trinajstić information content (AvgIpc) is 2.35. The summed E-state index contributed by atoms with van der Waals surface area (Å²) in [6.45, 7) is 7.72. The van der Waals surface area contributed by atoms with Crippen molar-refractivity contribution in [2.45, 2.75) is 25.9 Å². The molecule has 1 heterocycles. The second kappa shape index (κ2) is 6.25. The lowest BCUT2D eigenvalue weighted by Gasteiger charge is -2.45. The molecule has 0 bridgehead atoms. The number of nitrogens with one attached hydrogen (secondary N) is 1. The Morgan fingerprint density at radius 3 is 2.74 bits per heavy atom. The molecule has 1 aromatic rings. The van der Waals surface area contributed by atoms with Crippen molar-refractivity contribution in [3.8, 4) is 0 Å². The van der Waals surface area contributed by atoms with Crippen molar-refractivity contribution in [3.63, 3.8) is 0 Å². The molecule has 1 aliphatic heterocycles. The Bertz CT molecular complexity index is 435. The second-order valence-electron chi connectivity index (χ2n) is 5.56. The molecule has 1 aromatic carbocycles. The van der Waals surface area contributed by atoms with Gasteiger partial charge in [0.1, 0.15) is 0 Å². The number of nitrogens with zero attached hydrogens (tertiary/aromatic N) is 2. The molecule has 0 saturated carbocycles. The molecular weight excluding hydrogens is 302 g/mol. The standard InChI is InChI=1S/C15H24BrN3/c1-11-7-13(16)5-6-15(11)19-9-12(2)18(4)14(10-19)8-17-3/h5-7,12,14,17H,8-10H2,1-4H3. The summed E-state index contributed by atoms with van der Waals surface area (Å²) in [4.78, 5) is 5.01. The zero-order valence-electron chi connectivity index (χ0n) is 12.3. The minimum atomic E-state index is 0.566. The molecule has 1 aliphatic rings. The Morgan fingerprint density at radius 2 is 2.11 bits per heavy atom. The summed E-state index contributed by atoms with van der Waals surface area (Å²) in [7, 11) is 4.26. The van der Waals surface area contributed by atoms with Gasteiger partial charge in [-0.15, -0.1) is 0 Å². The molecule has 0 radical (unpaired) electrons. The number of likely N-dealkylation sites (N-methyl/N-ethyl adjacent to an activating group) is 2. The van der Waals surface area contributed by atoms with Crippen LogP contribution in [0.1, 0.15) is 12.5 Å².